The first-order chi connectivity index (χ1) is 15.1. The van der Waals surface area contributed by atoms with E-state index in [1.807, 2.05) is 52.0 Å². The Kier molecular flexibility index (Phi) is 8.81. The fourth-order valence-corrected chi connectivity index (χ4v) is 3.51. The SMILES string of the molecule is Cc1cc(C)c(NC(=O)CNC(=O)COC(=O)COc2ccc(C(C)C)c(C)c2)c(C)c1. The average molecular weight is 441 g/mol. The molecule has 0 aromatic heterocycles. The molecule has 0 aliphatic heterocycles. The van der Waals surface area contributed by atoms with Crippen molar-refractivity contribution in [1.29, 1.82) is 0 Å². The van der Waals surface area contributed by atoms with Crippen LogP contribution in [0.3, 0.4) is 0 Å². The predicted molar refractivity (Wildman–Crippen MR) is 124 cm³/mol. The van der Waals surface area contributed by atoms with Gasteiger partial charge in [-0.25, -0.2) is 4.79 Å². The lowest BCUT2D eigenvalue weighted by molar-refractivity contribution is -0.150. The number of benzene rings is 2. The molecule has 0 fully saturated rings. The summed E-state index contributed by atoms with van der Waals surface area (Å²) in [4.78, 5) is 35.9. The molecule has 2 rings (SSSR count). The molecular weight excluding hydrogens is 408 g/mol. The van der Waals surface area contributed by atoms with Gasteiger partial charge in [-0.1, -0.05) is 37.6 Å². The van der Waals surface area contributed by atoms with E-state index < -0.39 is 18.5 Å². The lowest BCUT2D eigenvalue weighted by Crippen LogP contribution is -2.36. The summed E-state index contributed by atoms with van der Waals surface area (Å²) in [6, 6.07) is 9.59. The van der Waals surface area contributed by atoms with Crippen molar-refractivity contribution in [2.45, 2.75) is 47.5 Å². The minimum absolute atomic E-state index is 0.221. The third-order valence-electron chi connectivity index (χ3n) is 4.97. The van der Waals surface area contributed by atoms with Crippen molar-refractivity contribution in [3.8, 4) is 5.75 Å². The second-order valence-corrected chi connectivity index (χ2v) is 8.22. The number of hydrogen-bond acceptors (Lipinski definition) is 5. The maximum atomic E-state index is 12.1. The molecule has 172 valence electrons. The molecule has 7 heteroatoms. The van der Waals surface area contributed by atoms with E-state index in [1.165, 1.54) is 5.56 Å². The molecule has 0 radical (unpaired) electrons. The molecule has 0 atom stereocenters. The summed E-state index contributed by atoms with van der Waals surface area (Å²) in [5.41, 5.74) is 6.04. The van der Waals surface area contributed by atoms with Crippen LogP contribution in [0.4, 0.5) is 5.69 Å². The smallest absolute Gasteiger partial charge is 0.344 e. The second kappa shape index (κ2) is 11.3. The van der Waals surface area contributed by atoms with Crippen LogP contribution in [0.2, 0.25) is 0 Å². The summed E-state index contributed by atoms with van der Waals surface area (Å²) in [5.74, 6) is -0.626. The van der Waals surface area contributed by atoms with Crippen molar-refractivity contribution in [2.24, 2.45) is 0 Å². The normalized spacial score (nSPS) is 10.6. The van der Waals surface area contributed by atoms with E-state index >= 15 is 0 Å². The van der Waals surface area contributed by atoms with Crippen LogP contribution in [0.25, 0.3) is 0 Å². The lowest BCUT2D eigenvalue weighted by Gasteiger charge is -2.13. The van der Waals surface area contributed by atoms with E-state index in [0.29, 0.717) is 11.7 Å². The largest absolute Gasteiger partial charge is 0.482 e. The van der Waals surface area contributed by atoms with Gasteiger partial charge in [0.1, 0.15) is 5.75 Å². The molecule has 0 saturated carbocycles. The Morgan fingerprint density at radius 1 is 0.875 bits per heavy atom. The van der Waals surface area contributed by atoms with Crippen molar-refractivity contribution < 1.29 is 23.9 Å². The van der Waals surface area contributed by atoms with Gasteiger partial charge in [0.25, 0.3) is 5.91 Å². The molecule has 0 bridgehead atoms. The average Bonchev–Trinajstić information content (AvgIpc) is 2.71. The van der Waals surface area contributed by atoms with E-state index in [4.69, 9.17) is 9.47 Å². The number of rotatable bonds is 9. The van der Waals surface area contributed by atoms with E-state index in [9.17, 15) is 14.4 Å². The molecule has 0 unspecified atom stereocenters. The minimum Gasteiger partial charge on any atom is -0.482 e. The fraction of sp³-hybridized carbons (Fsp3) is 0.400. The van der Waals surface area contributed by atoms with E-state index in [-0.39, 0.29) is 19.1 Å². The quantitative estimate of drug-likeness (QED) is 0.580. The molecule has 2 aromatic carbocycles. The maximum absolute atomic E-state index is 12.1. The van der Waals surface area contributed by atoms with Crippen LogP contribution in [0, 0.1) is 27.7 Å². The van der Waals surface area contributed by atoms with Gasteiger partial charge in [-0.2, -0.15) is 0 Å². The topological polar surface area (TPSA) is 93.7 Å². The molecule has 0 spiro atoms. The van der Waals surface area contributed by atoms with Crippen molar-refractivity contribution in [3.63, 3.8) is 0 Å². The van der Waals surface area contributed by atoms with Gasteiger partial charge in [0, 0.05) is 5.69 Å². The van der Waals surface area contributed by atoms with Gasteiger partial charge in [0.2, 0.25) is 5.91 Å². The summed E-state index contributed by atoms with van der Waals surface area (Å²) in [5, 5.41) is 5.24. The second-order valence-electron chi connectivity index (χ2n) is 8.22. The van der Waals surface area contributed by atoms with Crippen molar-refractivity contribution in [1.82, 2.24) is 5.32 Å². The Balaban J connectivity index is 1.72. The first kappa shape index (κ1) is 24.9. The number of esters is 1. The molecule has 2 N–H and O–H groups in total. The van der Waals surface area contributed by atoms with Crippen LogP contribution in [0.15, 0.2) is 30.3 Å². The Morgan fingerprint density at radius 2 is 1.53 bits per heavy atom. The first-order valence-electron chi connectivity index (χ1n) is 10.6. The molecule has 0 heterocycles. The fourth-order valence-electron chi connectivity index (χ4n) is 3.51. The van der Waals surface area contributed by atoms with Crippen LogP contribution in [0.1, 0.15) is 47.6 Å². The molecule has 2 aromatic rings. The maximum Gasteiger partial charge on any atom is 0.344 e. The van der Waals surface area contributed by atoms with Crippen LogP contribution in [-0.4, -0.2) is 37.5 Å². The number of anilines is 1. The number of hydrogen-bond donors (Lipinski definition) is 2. The zero-order valence-electron chi connectivity index (χ0n) is 19.6. The van der Waals surface area contributed by atoms with Crippen LogP contribution in [0.5, 0.6) is 5.75 Å². The highest BCUT2D eigenvalue weighted by atomic mass is 16.6. The third-order valence-corrected chi connectivity index (χ3v) is 4.97. The third kappa shape index (κ3) is 7.41. The van der Waals surface area contributed by atoms with Gasteiger partial charge < -0.3 is 20.1 Å². The van der Waals surface area contributed by atoms with Gasteiger partial charge in [-0.05, 0) is 68.0 Å². The highest BCUT2D eigenvalue weighted by molar-refractivity contribution is 5.96. The Hall–Kier alpha value is -3.35. The van der Waals surface area contributed by atoms with Crippen LogP contribution >= 0.6 is 0 Å². The molecular formula is C25H32N2O5. The van der Waals surface area contributed by atoms with Crippen molar-refractivity contribution in [3.05, 3.63) is 58.1 Å². The van der Waals surface area contributed by atoms with Crippen molar-refractivity contribution >= 4 is 23.5 Å². The van der Waals surface area contributed by atoms with Gasteiger partial charge >= 0.3 is 5.97 Å². The molecule has 7 nitrogen and oxygen atoms in total. The number of carbonyl (C=O) groups excluding carboxylic acids is 3. The van der Waals surface area contributed by atoms with E-state index in [2.05, 4.69) is 24.5 Å². The molecule has 0 aliphatic rings. The standard InChI is InChI=1S/C25H32N2O5/c1-15(2)21-8-7-20(11-17(21)4)31-14-24(30)32-13-23(29)26-12-22(28)27-25-18(5)9-16(3)10-19(25)6/h7-11,15H,12-14H2,1-6H3,(H,26,29)(H,27,28). The van der Waals surface area contributed by atoms with Crippen molar-refractivity contribution in [2.75, 3.05) is 25.1 Å². The van der Waals surface area contributed by atoms with E-state index in [0.717, 1.165) is 27.9 Å². The Morgan fingerprint density at radius 3 is 2.12 bits per heavy atom. The number of nitrogens with one attached hydrogen (secondary N) is 2. The van der Waals surface area contributed by atoms with Crippen LogP contribution in [-0.2, 0) is 19.1 Å². The number of carbonyl (C=O) groups is 3. The number of ether oxygens (including phenoxy) is 2. The summed E-state index contributed by atoms with van der Waals surface area (Å²) >= 11 is 0. The molecule has 0 aliphatic carbocycles. The first-order valence-corrected chi connectivity index (χ1v) is 10.6. The van der Waals surface area contributed by atoms with Gasteiger partial charge in [-0.15, -0.1) is 0 Å². The Labute approximate surface area is 189 Å². The predicted octanol–water partition coefficient (Wildman–Crippen LogP) is 3.72. The highest BCUT2D eigenvalue weighted by Crippen LogP contribution is 2.23. The lowest BCUT2D eigenvalue weighted by atomic mass is 9.98. The summed E-state index contributed by atoms with van der Waals surface area (Å²) < 4.78 is 10.4. The summed E-state index contributed by atoms with van der Waals surface area (Å²) in [6.07, 6.45) is 0. The molecule has 0 saturated heterocycles. The monoisotopic (exact) mass is 440 g/mol. The zero-order valence-corrected chi connectivity index (χ0v) is 19.6. The minimum atomic E-state index is -0.666. The van der Waals surface area contributed by atoms with Gasteiger partial charge in [-0.3, -0.25) is 9.59 Å². The Bertz CT molecular complexity index is 975. The summed E-state index contributed by atoms with van der Waals surface area (Å²) in [7, 11) is 0. The highest BCUT2D eigenvalue weighted by Gasteiger charge is 2.12. The van der Waals surface area contributed by atoms with Crippen LogP contribution < -0.4 is 15.4 Å². The number of amides is 2. The number of aryl methyl sites for hydroxylation is 4. The molecule has 2 amide bonds. The van der Waals surface area contributed by atoms with E-state index in [1.54, 1.807) is 6.07 Å². The zero-order chi connectivity index (χ0) is 23.8. The van der Waals surface area contributed by atoms with Gasteiger partial charge in [0.15, 0.2) is 13.2 Å². The molecule has 32 heavy (non-hydrogen) atoms. The van der Waals surface area contributed by atoms with Gasteiger partial charge in [0.05, 0.1) is 6.54 Å². The summed E-state index contributed by atoms with van der Waals surface area (Å²) in [6.45, 7) is 11.0.